The van der Waals surface area contributed by atoms with Crippen LogP contribution in [0.2, 0.25) is 0 Å². The summed E-state index contributed by atoms with van der Waals surface area (Å²) in [6.07, 6.45) is 9.43. The first-order chi connectivity index (χ1) is 29.7. The van der Waals surface area contributed by atoms with E-state index < -0.39 is 0 Å². The number of benzene rings is 3. The molecule has 13 nitrogen and oxygen atoms in total. The lowest BCUT2D eigenvalue weighted by atomic mass is 9.81. The number of anilines is 2. The summed E-state index contributed by atoms with van der Waals surface area (Å²) in [5.41, 5.74) is 9.56. The van der Waals surface area contributed by atoms with Gasteiger partial charge in [0.15, 0.2) is 0 Å². The Balaban J connectivity index is 0.000000679. The molecule has 4 atom stereocenters. The molecule has 3 aromatic rings. The molecule has 7 rings (SSSR count). The molecule has 336 valence electrons. The lowest BCUT2D eigenvalue weighted by molar-refractivity contribution is -0.132. The van der Waals surface area contributed by atoms with Gasteiger partial charge in [0.25, 0.3) is 6.47 Å². The number of ether oxygens (including phenoxy) is 3. The van der Waals surface area contributed by atoms with Crippen molar-refractivity contribution >= 4 is 36.1 Å². The molecule has 61 heavy (non-hydrogen) atoms. The predicted molar refractivity (Wildman–Crippen MR) is 245 cm³/mol. The second kappa shape index (κ2) is 27.8. The van der Waals surface area contributed by atoms with Crippen LogP contribution in [0.3, 0.4) is 0 Å². The zero-order valence-corrected chi connectivity index (χ0v) is 37.9. The van der Waals surface area contributed by atoms with Crippen molar-refractivity contribution < 1.29 is 33.4 Å². The first-order valence-electron chi connectivity index (χ1n) is 22.0. The van der Waals surface area contributed by atoms with Crippen LogP contribution in [0.1, 0.15) is 102 Å². The number of hydrogen-bond acceptors (Lipinski definition) is 10. The molecule has 4 aliphatic heterocycles. The van der Waals surface area contributed by atoms with E-state index in [1.807, 2.05) is 16.8 Å². The molecule has 4 N–H and O–H groups in total. The molecule has 4 aliphatic rings. The van der Waals surface area contributed by atoms with Crippen LogP contribution in [0.25, 0.3) is 22.3 Å². The monoisotopic (exact) mass is 845 g/mol. The maximum absolute atomic E-state index is 12.5. The molecule has 13 heteroatoms. The summed E-state index contributed by atoms with van der Waals surface area (Å²) in [5.74, 6) is 0.138. The third-order valence-electron chi connectivity index (χ3n) is 10.6. The molecule has 0 aliphatic carbocycles. The van der Waals surface area contributed by atoms with Crippen LogP contribution >= 0.6 is 0 Å². The second-order valence-corrected chi connectivity index (χ2v) is 15.5. The summed E-state index contributed by atoms with van der Waals surface area (Å²) in [7, 11) is 6.38. The van der Waals surface area contributed by atoms with Gasteiger partial charge in [-0.05, 0) is 103 Å². The van der Waals surface area contributed by atoms with E-state index in [-0.39, 0.29) is 42.7 Å². The third kappa shape index (κ3) is 14.6. The zero-order valence-electron chi connectivity index (χ0n) is 37.9. The van der Waals surface area contributed by atoms with Gasteiger partial charge in [-0.1, -0.05) is 76.9 Å². The van der Waals surface area contributed by atoms with Gasteiger partial charge in [0.2, 0.25) is 18.2 Å². The Kier molecular flexibility index (Phi) is 22.9. The fourth-order valence-electron chi connectivity index (χ4n) is 8.14. The van der Waals surface area contributed by atoms with Crippen LogP contribution in [0.5, 0.6) is 0 Å². The number of nitrogens with one attached hydrogen (secondary N) is 4. The maximum atomic E-state index is 12.5. The van der Waals surface area contributed by atoms with Crippen molar-refractivity contribution in [3.8, 4) is 22.3 Å². The van der Waals surface area contributed by atoms with Gasteiger partial charge in [-0.3, -0.25) is 19.2 Å². The van der Waals surface area contributed by atoms with Crippen LogP contribution in [-0.2, 0) is 33.4 Å². The summed E-state index contributed by atoms with van der Waals surface area (Å²) in [5, 5.41) is 12.6. The van der Waals surface area contributed by atoms with Crippen molar-refractivity contribution in [2.75, 3.05) is 78.3 Å². The van der Waals surface area contributed by atoms with E-state index >= 15 is 0 Å². The number of carbonyl (C=O) groups excluding carboxylic acids is 4. The quantitative estimate of drug-likeness (QED) is 0.120. The van der Waals surface area contributed by atoms with Gasteiger partial charge < -0.3 is 45.3 Å². The fourth-order valence-corrected chi connectivity index (χ4v) is 8.14. The number of methoxy groups -OCH3 is 2. The van der Waals surface area contributed by atoms with Crippen LogP contribution in [0.4, 0.5) is 11.4 Å². The summed E-state index contributed by atoms with van der Waals surface area (Å²) in [4.78, 5) is 48.4. The Bertz CT molecular complexity index is 1750. The molecule has 3 saturated heterocycles. The average Bonchev–Trinajstić information content (AvgIpc) is 4.12. The second-order valence-electron chi connectivity index (χ2n) is 15.5. The van der Waals surface area contributed by atoms with Crippen LogP contribution in [-0.4, -0.2) is 114 Å². The number of carbonyl (C=O) groups is 4. The molecule has 0 spiro atoms. The molecule has 2 unspecified atom stereocenters. The van der Waals surface area contributed by atoms with Gasteiger partial charge >= 0.3 is 0 Å². The van der Waals surface area contributed by atoms with Gasteiger partial charge in [-0.2, -0.15) is 0 Å². The summed E-state index contributed by atoms with van der Waals surface area (Å²) in [6, 6.07) is 22.1. The molecule has 0 saturated carbocycles. The van der Waals surface area contributed by atoms with E-state index in [1.165, 1.54) is 53.3 Å². The molecular formula is C48H72N6O7. The lowest BCUT2D eigenvalue weighted by Gasteiger charge is -2.25. The number of nitrogens with zero attached hydrogens (tertiary/aromatic N) is 2. The predicted octanol–water partition coefficient (Wildman–Crippen LogP) is 7.58. The molecular weight excluding hydrogens is 773 g/mol. The Hall–Kier alpha value is -4.98. The SMILES string of the molecule is CCC.CCC.CNCC(=O)N1CCC[C@H]1CNc1ccc(-c2ccc(-c3ccc(NC[C@@H]4CCCN4C(=O)CNC=O)cc3)c3c2C2CCC3O2)cc1.COC.COC=O. The molecule has 2 bridgehead atoms. The highest BCUT2D eigenvalue weighted by Crippen LogP contribution is 2.56. The van der Waals surface area contributed by atoms with Gasteiger partial charge in [0.05, 0.1) is 32.4 Å². The van der Waals surface area contributed by atoms with E-state index in [1.54, 1.807) is 14.2 Å². The van der Waals surface area contributed by atoms with Crippen LogP contribution in [0.15, 0.2) is 60.7 Å². The normalized spacial score (nSPS) is 19.0. The lowest BCUT2D eigenvalue weighted by Crippen LogP contribution is -2.43. The Morgan fingerprint density at radius 1 is 0.672 bits per heavy atom. The Morgan fingerprint density at radius 2 is 1.07 bits per heavy atom. The van der Waals surface area contributed by atoms with Crippen molar-refractivity contribution in [2.24, 2.45) is 0 Å². The van der Waals surface area contributed by atoms with E-state index in [4.69, 9.17) is 9.53 Å². The van der Waals surface area contributed by atoms with E-state index in [2.05, 4.69) is 119 Å². The first-order valence-corrected chi connectivity index (χ1v) is 22.0. The van der Waals surface area contributed by atoms with Crippen molar-refractivity contribution in [1.29, 1.82) is 0 Å². The van der Waals surface area contributed by atoms with Crippen molar-refractivity contribution in [1.82, 2.24) is 20.4 Å². The van der Waals surface area contributed by atoms with E-state index in [0.717, 1.165) is 69.5 Å². The summed E-state index contributed by atoms with van der Waals surface area (Å²) >= 11 is 0. The van der Waals surface area contributed by atoms with Crippen LogP contribution < -0.4 is 21.3 Å². The smallest absolute Gasteiger partial charge is 0.292 e. The Labute approximate surface area is 364 Å². The van der Waals surface area contributed by atoms with E-state index in [0.29, 0.717) is 26.0 Å². The molecule has 3 fully saturated rings. The molecule has 0 aromatic heterocycles. The largest absolute Gasteiger partial charge is 0.471 e. The maximum Gasteiger partial charge on any atom is 0.292 e. The number of likely N-dealkylation sites (tertiary alicyclic amines) is 2. The summed E-state index contributed by atoms with van der Waals surface area (Å²) < 4.78 is 14.6. The van der Waals surface area contributed by atoms with Crippen LogP contribution in [0, 0.1) is 0 Å². The van der Waals surface area contributed by atoms with Gasteiger partial charge in [-0.25, -0.2) is 0 Å². The number of likely N-dealkylation sites (N-methyl/N-ethyl adjacent to an activating group) is 1. The topological polar surface area (TPSA) is 151 Å². The standard InChI is InChI=1S/C38H46N6O4.2C3H8.C2H4O2.C2H6O/c1-39-22-35(46)43-18-2-4-29(43)20-41-27-10-6-25(7-11-27)31-14-15-32(38-34-17-16-33(48-34)37(31)38)26-8-12-28(13-9-26)42-21-30-5-3-19-44(30)36(47)23-40-24-45;2*1-3-2;1-4-2-3;1-3-2/h6-15,24,29-30,33-34,39,41-42H,2-5,16-23H2,1H3,(H,40,45);2*3H2,1-2H3;2H,1H3;1-2H3/t29-,30-,33?,34?;;;;/m0..../s1. The number of hydrogen-bond donors (Lipinski definition) is 4. The van der Waals surface area contributed by atoms with Gasteiger partial charge in [-0.15, -0.1) is 0 Å². The zero-order chi connectivity index (χ0) is 44.6. The highest BCUT2D eigenvalue weighted by molar-refractivity contribution is 5.82. The Morgan fingerprint density at radius 3 is 1.43 bits per heavy atom. The summed E-state index contributed by atoms with van der Waals surface area (Å²) in [6.45, 7) is 12.3. The highest BCUT2D eigenvalue weighted by Gasteiger charge is 2.41. The minimum Gasteiger partial charge on any atom is -0.471 e. The fraction of sp³-hybridized carbons (Fsp3) is 0.542. The van der Waals surface area contributed by atoms with E-state index in [9.17, 15) is 14.4 Å². The minimum absolute atomic E-state index is 0.0337. The van der Waals surface area contributed by atoms with Crippen molar-refractivity contribution in [2.45, 2.75) is 103 Å². The molecule has 0 radical (unpaired) electrons. The number of amides is 3. The third-order valence-corrected chi connectivity index (χ3v) is 10.6. The average molecular weight is 845 g/mol. The number of fused-ring (bicyclic) bond motifs is 5. The number of rotatable bonds is 14. The minimum atomic E-state index is -0.0337. The first kappa shape index (κ1) is 50.4. The van der Waals surface area contributed by atoms with Gasteiger partial charge in [0, 0.05) is 63.9 Å². The van der Waals surface area contributed by atoms with Gasteiger partial charge in [0.1, 0.15) is 0 Å². The molecule has 3 aromatic carbocycles. The molecule has 4 heterocycles. The van der Waals surface area contributed by atoms with Crippen molar-refractivity contribution in [3.63, 3.8) is 0 Å². The molecule has 3 amide bonds. The highest BCUT2D eigenvalue weighted by atomic mass is 16.5. The van der Waals surface area contributed by atoms with Crippen molar-refractivity contribution in [3.05, 3.63) is 71.8 Å².